The summed E-state index contributed by atoms with van der Waals surface area (Å²) in [4.78, 5) is 31.7. The summed E-state index contributed by atoms with van der Waals surface area (Å²) in [7, 11) is 0. The van der Waals surface area contributed by atoms with Crippen molar-refractivity contribution in [2.75, 3.05) is 10.6 Å². The van der Waals surface area contributed by atoms with Gasteiger partial charge in [-0.25, -0.2) is 0 Å². The number of carbonyl (C=O) groups is 2. The number of aliphatic carboxylic acids is 2. The van der Waals surface area contributed by atoms with E-state index >= 15 is 0 Å². The van der Waals surface area contributed by atoms with E-state index in [0.29, 0.717) is 57.8 Å². The Morgan fingerprint density at radius 1 is 0.597 bits per heavy atom. The van der Waals surface area contributed by atoms with E-state index in [1.807, 2.05) is 88.4 Å². The zero-order chi connectivity index (χ0) is 43.9. The number of carboxylic acids is 2. The van der Waals surface area contributed by atoms with Crippen molar-refractivity contribution in [3.8, 4) is 57.2 Å². The molecular formula is C46H48Cl2N6O8. The number of halogens is 2. The highest BCUT2D eigenvalue weighted by molar-refractivity contribution is 6.32. The minimum atomic E-state index is -0.742. The van der Waals surface area contributed by atoms with Gasteiger partial charge < -0.3 is 39.4 Å². The van der Waals surface area contributed by atoms with Crippen molar-refractivity contribution in [1.29, 1.82) is 0 Å². The lowest BCUT2D eigenvalue weighted by molar-refractivity contribution is -0.142. The van der Waals surface area contributed by atoms with Gasteiger partial charge in [-0.3, -0.25) is 9.59 Å². The highest BCUT2D eigenvalue weighted by Crippen LogP contribution is 2.35. The molecule has 0 bridgehead atoms. The summed E-state index contributed by atoms with van der Waals surface area (Å²) in [6.45, 7) is 7.76. The highest BCUT2D eigenvalue weighted by atomic mass is 35.5. The van der Waals surface area contributed by atoms with Gasteiger partial charge in [0.1, 0.15) is 11.5 Å². The number of hydrogen-bond acceptors (Lipinski definition) is 12. The van der Waals surface area contributed by atoms with Crippen molar-refractivity contribution >= 4 is 46.5 Å². The molecule has 2 saturated carbocycles. The van der Waals surface area contributed by atoms with Gasteiger partial charge in [0.2, 0.25) is 11.6 Å². The molecule has 62 heavy (non-hydrogen) atoms. The fraction of sp³-hybridized carbons (Fsp3) is 0.348. The maximum absolute atomic E-state index is 11.4. The summed E-state index contributed by atoms with van der Waals surface area (Å²) >= 11 is 12.6. The quantitative estimate of drug-likeness (QED) is 0.0806. The van der Waals surface area contributed by atoms with Gasteiger partial charge in [0.05, 0.1) is 34.1 Å². The summed E-state index contributed by atoms with van der Waals surface area (Å²) in [6, 6.07) is 25.7. The fourth-order valence-electron chi connectivity index (χ4n) is 7.60. The largest absolute Gasteiger partial charge is 0.489 e. The number of anilines is 2. The minimum Gasteiger partial charge on any atom is -0.489 e. The number of rotatable bonds is 14. The smallest absolute Gasteiger partial charge is 0.308 e. The Kier molecular flexibility index (Phi) is 14.0. The Labute approximate surface area is 368 Å². The molecular weight excluding hydrogens is 835 g/mol. The van der Waals surface area contributed by atoms with Crippen LogP contribution >= 0.6 is 23.2 Å². The molecule has 0 spiro atoms. The standard InChI is InChI=1S/2C23H24ClN3O4/c2*1-13(2)30-20-11-8-15(12-18(20)24)21-26-22(31-27-21)14-6-9-16(10-7-14)25-19-5-3-4-17(19)23(28)29/h2*6-13,17,19,25H,3-5H2,1-2H3,(H,28,29)/t2*17-,19+/m10/s1. The SMILES string of the molecule is CC(C)Oc1ccc(-c2noc(-c3ccc(N[C@@H]4CCC[C@@H]4C(=O)O)cc3)n2)cc1Cl.CC(C)Oc1ccc(-c2noc(-c3ccc(N[C@H]4CCC[C@H]4C(=O)O)cc3)n2)cc1Cl. The van der Waals surface area contributed by atoms with Crippen LogP contribution in [0.5, 0.6) is 11.5 Å². The van der Waals surface area contributed by atoms with E-state index in [9.17, 15) is 19.8 Å². The molecule has 0 saturated heterocycles. The molecule has 324 valence electrons. The average Bonchev–Trinajstić information content (AvgIpc) is 4.08. The normalized spacial score (nSPS) is 18.3. The molecule has 14 nitrogen and oxygen atoms in total. The summed E-state index contributed by atoms with van der Waals surface area (Å²) < 4.78 is 22.2. The first-order chi connectivity index (χ1) is 29.8. The predicted molar refractivity (Wildman–Crippen MR) is 237 cm³/mol. The molecule has 0 amide bonds. The summed E-state index contributed by atoms with van der Waals surface area (Å²) in [5, 5.41) is 34.4. The number of hydrogen-bond donors (Lipinski definition) is 4. The zero-order valence-corrected chi connectivity index (χ0v) is 36.2. The number of benzene rings is 4. The van der Waals surface area contributed by atoms with Gasteiger partial charge in [0.25, 0.3) is 11.8 Å². The first-order valence-electron chi connectivity index (χ1n) is 20.6. The third kappa shape index (κ3) is 10.8. The van der Waals surface area contributed by atoms with Crippen LogP contribution < -0.4 is 20.1 Å². The van der Waals surface area contributed by atoms with Gasteiger partial charge in [-0.2, -0.15) is 9.97 Å². The van der Waals surface area contributed by atoms with Gasteiger partial charge >= 0.3 is 11.9 Å². The van der Waals surface area contributed by atoms with Crippen molar-refractivity contribution < 1.29 is 38.3 Å². The topological polar surface area (TPSA) is 195 Å². The Morgan fingerprint density at radius 2 is 0.968 bits per heavy atom. The Balaban J connectivity index is 0.000000186. The van der Waals surface area contributed by atoms with Crippen LogP contribution in [0.1, 0.15) is 66.2 Å². The second-order valence-corrected chi connectivity index (χ2v) is 16.7. The molecule has 16 heteroatoms. The van der Waals surface area contributed by atoms with Crippen LogP contribution in [-0.2, 0) is 9.59 Å². The van der Waals surface area contributed by atoms with Crippen molar-refractivity contribution in [3.63, 3.8) is 0 Å². The maximum Gasteiger partial charge on any atom is 0.308 e. The molecule has 2 aliphatic carbocycles. The second kappa shape index (κ2) is 19.7. The Hall–Kier alpha value is -6.12. The van der Waals surface area contributed by atoms with E-state index in [1.54, 1.807) is 24.3 Å². The predicted octanol–water partition coefficient (Wildman–Crippen LogP) is 11.0. The van der Waals surface area contributed by atoms with Crippen LogP contribution in [0, 0.1) is 11.8 Å². The summed E-state index contributed by atoms with van der Waals surface area (Å²) in [5.74, 6) is 0.705. The van der Waals surface area contributed by atoms with Gasteiger partial charge in [-0.1, -0.05) is 46.4 Å². The monoisotopic (exact) mass is 882 g/mol. The first-order valence-corrected chi connectivity index (χ1v) is 21.4. The third-order valence-corrected chi connectivity index (χ3v) is 11.2. The molecule has 2 heterocycles. The Bertz CT molecular complexity index is 2300. The Morgan fingerprint density at radius 3 is 1.31 bits per heavy atom. The van der Waals surface area contributed by atoms with Gasteiger partial charge in [-0.15, -0.1) is 0 Å². The highest BCUT2D eigenvalue weighted by Gasteiger charge is 2.34. The van der Waals surface area contributed by atoms with Crippen LogP contribution in [0.25, 0.3) is 45.7 Å². The van der Waals surface area contributed by atoms with E-state index in [4.69, 9.17) is 41.7 Å². The second-order valence-electron chi connectivity index (χ2n) is 15.9. The number of carboxylic acid groups (broad SMARTS) is 2. The molecule has 4 atom stereocenters. The molecule has 4 N–H and O–H groups in total. The van der Waals surface area contributed by atoms with Crippen LogP contribution in [0.3, 0.4) is 0 Å². The van der Waals surface area contributed by atoms with Gasteiger partial charge in [0, 0.05) is 45.7 Å². The van der Waals surface area contributed by atoms with Crippen LogP contribution in [-0.4, -0.2) is 66.7 Å². The van der Waals surface area contributed by atoms with Gasteiger partial charge in [-0.05, 0) is 138 Å². The van der Waals surface area contributed by atoms with E-state index in [0.717, 1.165) is 59.3 Å². The maximum atomic E-state index is 11.4. The molecule has 2 fully saturated rings. The zero-order valence-electron chi connectivity index (χ0n) is 34.7. The number of nitrogens with zero attached hydrogens (tertiary/aromatic N) is 4. The van der Waals surface area contributed by atoms with Gasteiger partial charge in [0.15, 0.2) is 0 Å². The minimum absolute atomic E-state index is 0.0290. The van der Waals surface area contributed by atoms with E-state index in [-0.39, 0.29) is 36.1 Å². The average molecular weight is 884 g/mol. The van der Waals surface area contributed by atoms with Crippen LogP contribution in [0.15, 0.2) is 94.0 Å². The van der Waals surface area contributed by atoms with Crippen LogP contribution in [0.4, 0.5) is 11.4 Å². The molecule has 6 aromatic rings. The number of nitrogens with one attached hydrogen (secondary N) is 2. The van der Waals surface area contributed by atoms with E-state index in [2.05, 4.69) is 30.9 Å². The summed E-state index contributed by atoms with van der Waals surface area (Å²) in [5.41, 5.74) is 4.75. The van der Waals surface area contributed by atoms with Crippen molar-refractivity contribution in [2.24, 2.45) is 11.8 Å². The molecule has 2 aromatic heterocycles. The molecule has 4 aromatic carbocycles. The lowest BCUT2D eigenvalue weighted by Crippen LogP contribution is -2.29. The molecule has 2 aliphatic rings. The lowest BCUT2D eigenvalue weighted by Gasteiger charge is -2.18. The number of aromatic nitrogens is 4. The summed E-state index contributed by atoms with van der Waals surface area (Å²) in [6.07, 6.45) is 5.04. The van der Waals surface area contributed by atoms with Crippen LogP contribution in [0.2, 0.25) is 10.0 Å². The van der Waals surface area contributed by atoms with Crippen molar-refractivity contribution in [2.45, 2.75) is 90.5 Å². The number of ether oxygens (including phenoxy) is 2. The molecule has 0 unspecified atom stereocenters. The lowest BCUT2D eigenvalue weighted by atomic mass is 10.0. The first kappa shape index (κ1) is 44.0. The van der Waals surface area contributed by atoms with E-state index in [1.165, 1.54) is 0 Å². The van der Waals surface area contributed by atoms with E-state index < -0.39 is 11.9 Å². The van der Waals surface area contributed by atoms with Crippen molar-refractivity contribution in [1.82, 2.24) is 20.3 Å². The van der Waals surface area contributed by atoms with Crippen molar-refractivity contribution in [3.05, 3.63) is 95.0 Å². The molecule has 0 radical (unpaired) electrons. The molecule has 8 rings (SSSR count). The fourth-order valence-corrected chi connectivity index (χ4v) is 8.05. The third-order valence-electron chi connectivity index (χ3n) is 10.6. The molecule has 0 aliphatic heterocycles.